The van der Waals surface area contributed by atoms with E-state index in [1.807, 2.05) is 18.2 Å². The first-order chi connectivity index (χ1) is 10.2. The van der Waals surface area contributed by atoms with Crippen molar-refractivity contribution in [2.75, 3.05) is 18.5 Å². The Bertz CT molecular complexity index is 646. The molecule has 110 valence electrons. The summed E-state index contributed by atoms with van der Waals surface area (Å²) >= 11 is 0. The van der Waals surface area contributed by atoms with Crippen LogP contribution < -0.4 is 14.8 Å². The summed E-state index contributed by atoms with van der Waals surface area (Å²) in [5.74, 6) is 0.230. The van der Waals surface area contributed by atoms with Gasteiger partial charge in [0.2, 0.25) is 0 Å². The van der Waals surface area contributed by atoms with Crippen molar-refractivity contribution in [2.45, 2.75) is 13.0 Å². The highest BCUT2D eigenvalue weighted by atomic mass is 19.1. The van der Waals surface area contributed by atoms with Gasteiger partial charge in [0, 0.05) is 19.0 Å². The first-order valence-electron chi connectivity index (χ1n) is 6.80. The van der Waals surface area contributed by atoms with E-state index in [1.54, 1.807) is 0 Å². The number of hydrogen-bond donors (Lipinski definition) is 1. The molecule has 0 atom stereocenters. The van der Waals surface area contributed by atoms with E-state index in [4.69, 9.17) is 9.47 Å². The molecule has 21 heavy (non-hydrogen) atoms. The molecule has 2 aromatic rings. The summed E-state index contributed by atoms with van der Waals surface area (Å²) in [6, 6.07) is 9.07. The van der Waals surface area contributed by atoms with E-state index in [0.29, 0.717) is 25.5 Å². The van der Waals surface area contributed by atoms with Gasteiger partial charge in [0.15, 0.2) is 11.5 Å². The molecule has 5 heteroatoms. The Labute approximate surface area is 121 Å². The molecule has 0 spiro atoms. The molecule has 0 fully saturated rings. The maximum Gasteiger partial charge on any atom is 0.161 e. The number of halogens is 2. The van der Waals surface area contributed by atoms with Gasteiger partial charge < -0.3 is 14.8 Å². The van der Waals surface area contributed by atoms with Crippen molar-refractivity contribution in [2.24, 2.45) is 0 Å². The van der Waals surface area contributed by atoms with E-state index in [0.717, 1.165) is 23.8 Å². The first-order valence-corrected chi connectivity index (χ1v) is 6.80. The molecule has 3 nitrogen and oxygen atoms in total. The summed E-state index contributed by atoms with van der Waals surface area (Å²) in [6.45, 7) is 1.68. The molecule has 1 N–H and O–H groups in total. The lowest BCUT2D eigenvalue weighted by Crippen LogP contribution is -2.02. The van der Waals surface area contributed by atoms with E-state index < -0.39 is 11.6 Å². The predicted octanol–water partition coefficient (Wildman–Crippen LogP) is 3.74. The van der Waals surface area contributed by atoms with Crippen molar-refractivity contribution < 1.29 is 18.3 Å². The standard InChI is InChI=1S/C16H15F2NO2/c17-12-3-4-14(13(18)9-12)19-10-11-2-5-15-16(8-11)21-7-1-6-20-15/h2-5,8-9,19H,1,6-7,10H2. The normalized spacial score (nSPS) is 13.6. The molecule has 1 aliphatic rings. The summed E-state index contributed by atoms with van der Waals surface area (Å²) in [5.41, 5.74) is 1.20. The Kier molecular flexibility index (Phi) is 3.90. The molecule has 2 aromatic carbocycles. The number of hydrogen-bond acceptors (Lipinski definition) is 3. The quantitative estimate of drug-likeness (QED) is 0.934. The molecule has 0 bridgehead atoms. The van der Waals surface area contributed by atoms with E-state index in [1.165, 1.54) is 12.1 Å². The smallest absolute Gasteiger partial charge is 0.161 e. The lowest BCUT2D eigenvalue weighted by molar-refractivity contribution is 0.297. The molecule has 0 aliphatic carbocycles. The van der Waals surface area contributed by atoms with Crippen LogP contribution in [-0.2, 0) is 6.54 Å². The second kappa shape index (κ2) is 5.99. The lowest BCUT2D eigenvalue weighted by atomic mass is 10.2. The van der Waals surface area contributed by atoms with Crippen LogP contribution in [0, 0.1) is 11.6 Å². The topological polar surface area (TPSA) is 30.5 Å². The highest BCUT2D eigenvalue weighted by Gasteiger charge is 2.11. The van der Waals surface area contributed by atoms with Crippen LogP contribution in [0.25, 0.3) is 0 Å². The van der Waals surface area contributed by atoms with Crippen molar-refractivity contribution >= 4 is 5.69 Å². The zero-order valence-electron chi connectivity index (χ0n) is 11.4. The van der Waals surface area contributed by atoms with Crippen molar-refractivity contribution in [3.05, 3.63) is 53.6 Å². The Morgan fingerprint density at radius 1 is 0.952 bits per heavy atom. The molecule has 0 aromatic heterocycles. The molecular formula is C16H15F2NO2. The monoisotopic (exact) mass is 291 g/mol. The van der Waals surface area contributed by atoms with E-state index >= 15 is 0 Å². The fraction of sp³-hybridized carbons (Fsp3) is 0.250. The van der Waals surface area contributed by atoms with Crippen LogP contribution in [0.1, 0.15) is 12.0 Å². The van der Waals surface area contributed by atoms with Gasteiger partial charge in [0.25, 0.3) is 0 Å². The number of benzene rings is 2. The predicted molar refractivity (Wildman–Crippen MR) is 75.7 cm³/mol. The van der Waals surface area contributed by atoms with Crippen molar-refractivity contribution in [1.82, 2.24) is 0 Å². The van der Waals surface area contributed by atoms with Crippen LogP contribution in [0.2, 0.25) is 0 Å². The number of ether oxygens (including phenoxy) is 2. The molecule has 1 heterocycles. The number of nitrogens with one attached hydrogen (secondary N) is 1. The maximum absolute atomic E-state index is 13.5. The number of anilines is 1. The molecule has 1 aliphatic heterocycles. The fourth-order valence-corrected chi connectivity index (χ4v) is 2.15. The van der Waals surface area contributed by atoms with Crippen molar-refractivity contribution in [1.29, 1.82) is 0 Å². The van der Waals surface area contributed by atoms with Gasteiger partial charge in [0.1, 0.15) is 11.6 Å². The minimum Gasteiger partial charge on any atom is -0.490 e. The average molecular weight is 291 g/mol. The summed E-state index contributed by atoms with van der Waals surface area (Å²) in [5, 5.41) is 2.94. The van der Waals surface area contributed by atoms with Gasteiger partial charge >= 0.3 is 0 Å². The highest BCUT2D eigenvalue weighted by Crippen LogP contribution is 2.30. The average Bonchev–Trinajstić information content (AvgIpc) is 2.71. The Morgan fingerprint density at radius 2 is 1.76 bits per heavy atom. The number of fused-ring (bicyclic) bond motifs is 1. The summed E-state index contributed by atoms with van der Waals surface area (Å²) in [7, 11) is 0. The van der Waals surface area contributed by atoms with Gasteiger partial charge in [0.05, 0.1) is 18.9 Å². The molecule has 0 unspecified atom stereocenters. The minimum atomic E-state index is -0.607. The van der Waals surface area contributed by atoms with Crippen LogP contribution >= 0.6 is 0 Å². The Hall–Kier alpha value is -2.30. The van der Waals surface area contributed by atoms with Crippen LogP contribution in [0.5, 0.6) is 11.5 Å². The largest absolute Gasteiger partial charge is 0.490 e. The summed E-state index contributed by atoms with van der Waals surface area (Å²) in [6.07, 6.45) is 0.850. The van der Waals surface area contributed by atoms with Gasteiger partial charge in [-0.15, -0.1) is 0 Å². The second-order valence-corrected chi connectivity index (χ2v) is 4.81. The second-order valence-electron chi connectivity index (χ2n) is 4.81. The van der Waals surface area contributed by atoms with Gasteiger partial charge in [-0.2, -0.15) is 0 Å². The summed E-state index contributed by atoms with van der Waals surface area (Å²) in [4.78, 5) is 0. The van der Waals surface area contributed by atoms with Gasteiger partial charge in [-0.3, -0.25) is 0 Å². The molecule has 0 amide bonds. The van der Waals surface area contributed by atoms with Gasteiger partial charge in [-0.25, -0.2) is 8.78 Å². The Morgan fingerprint density at radius 3 is 2.57 bits per heavy atom. The van der Waals surface area contributed by atoms with Crippen LogP contribution in [0.4, 0.5) is 14.5 Å². The molecule has 0 saturated carbocycles. The third kappa shape index (κ3) is 3.24. The van der Waals surface area contributed by atoms with Crippen LogP contribution in [0.15, 0.2) is 36.4 Å². The van der Waals surface area contributed by atoms with Crippen molar-refractivity contribution in [3.8, 4) is 11.5 Å². The van der Waals surface area contributed by atoms with Crippen LogP contribution in [0.3, 0.4) is 0 Å². The minimum absolute atomic E-state index is 0.267. The maximum atomic E-state index is 13.5. The zero-order valence-corrected chi connectivity index (χ0v) is 11.4. The van der Waals surface area contributed by atoms with Crippen molar-refractivity contribution in [3.63, 3.8) is 0 Å². The lowest BCUT2D eigenvalue weighted by Gasteiger charge is -2.11. The van der Waals surface area contributed by atoms with E-state index in [2.05, 4.69) is 5.32 Å². The zero-order chi connectivity index (χ0) is 14.7. The van der Waals surface area contributed by atoms with Crippen LogP contribution in [-0.4, -0.2) is 13.2 Å². The third-order valence-electron chi connectivity index (χ3n) is 3.23. The Balaban J connectivity index is 1.72. The molecular weight excluding hydrogens is 276 g/mol. The van der Waals surface area contributed by atoms with E-state index in [9.17, 15) is 8.78 Å². The molecule has 0 radical (unpaired) electrons. The third-order valence-corrected chi connectivity index (χ3v) is 3.23. The number of rotatable bonds is 3. The SMILES string of the molecule is Fc1ccc(NCc2ccc3c(c2)OCCCO3)c(F)c1. The molecule has 0 saturated heterocycles. The van der Waals surface area contributed by atoms with Gasteiger partial charge in [-0.1, -0.05) is 6.07 Å². The highest BCUT2D eigenvalue weighted by molar-refractivity contribution is 5.47. The van der Waals surface area contributed by atoms with Gasteiger partial charge in [-0.05, 0) is 29.8 Å². The first kappa shape index (κ1) is 13.7. The fourth-order valence-electron chi connectivity index (χ4n) is 2.15. The summed E-state index contributed by atoms with van der Waals surface area (Å²) < 4.78 is 37.5. The van der Waals surface area contributed by atoms with E-state index in [-0.39, 0.29) is 5.69 Å². The molecule has 3 rings (SSSR count).